The number of para-hydroxylation sites is 1. The molecule has 0 saturated carbocycles. The number of carbonyl (C=O) groups is 1. The molecule has 23 heavy (non-hydrogen) atoms. The molecule has 0 saturated heterocycles. The summed E-state index contributed by atoms with van der Waals surface area (Å²) < 4.78 is 1.65. The normalized spacial score (nSPS) is 10.7. The molecule has 116 valence electrons. The molecule has 0 bridgehead atoms. The highest BCUT2D eigenvalue weighted by Crippen LogP contribution is 2.20. The van der Waals surface area contributed by atoms with Crippen molar-refractivity contribution in [2.24, 2.45) is 0 Å². The number of nitrogens with zero attached hydrogens (tertiary/aromatic N) is 3. The fraction of sp³-hybridized carbons (Fsp3) is 0.167. The second-order valence-electron chi connectivity index (χ2n) is 5.25. The molecule has 0 spiro atoms. The minimum Gasteiger partial charge on any atom is -0.476 e. The van der Waals surface area contributed by atoms with E-state index < -0.39 is 5.97 Å². The average Bonchev–Trinajstić information content (AvgIpc) is 2.99. The monoisotopic (exact) mass is 307 g/mol. The summed E-state index contributed by atoms with van der Waals surface area (Å²) in [7, 11) is 0. The van der Waals surface area contributed by atoms with Crippen molar-refractivity contribution >= 4 is 5.97 Å². The van der Waals surface area contributed by atoms with Crippen LogP contribution in [0.15, 0.2) is 54.6 Å². The van der Waals surface area contributed by atoms with Gasteiger partial charge in [0.15, 0.2) is 5.69 Å². The van der Waals surface area contributed by atoms with Crippen LogP contribution in [-0.4, -0.2) is 26.1 Å². The first-order valence-electron chi connectivity index (χ1n) is 7.50. The Kier molecular flexibility index (Phi) is 4.19. The molecule has 5 nitrogen and oxygen atoms in total. The van der Waals surface area contributed by atoms with E-state index in [2.05, 4.69) is 17.2 Å². The zero-order valence-corrected chi connectivity index (χ0v) is 12.8. The Morgan fingerprint density at radius 1 is 1.09 bits per heavy atom. The molecule has 1 heterocycles. The van der Waals surface area contributed by atoms with Crippen molar-refractivity contribution in [3.63, 3.8) is 0 Å². The number of aryl methyl sites for hydroxylation is 1. The highest BCUT2D eigenvalue weighted by molar-refractivity contribution is 5.86. The standard InChI is InChI=1S/C18H17N3O2/c1-2-14-10-6-7-11-15(14)21-16(17(18(22)23)19-20-21)12-13-8-4-3-5-9-13/h3-11H,2,12H2,1H3,(H,22,23). The van der Waals surface area contributed by atoms with Gasteiger partial charge in [-0.15, -0.1) is 5.10 Å². The van der Waals surface area contributed by atoms with Gasteiger partial charge in [0.2, 0.25) is 0 Å². The van der Waals surface area contributed by atoms with Crippen LogP contribution in [0.4, 0.5) is 0 Å². The summed E-state index contributed by atoms with van der Waals surface area (Å²) in [5.41, 5.74) is 3.58. The molecular weight excluding hydrogens is 290 g/mol. The Bertz CT molecular complexity index is 825. The number of hydrogen-bond donors (Lipinski definition) is 1. The van der Waals surface area contributed by atoms with Crippen molar-refractivity contribution in [1.29, 1.82) is 0 Å². The van der Waals surface area contributed by atoms with Gasteiger partial charge in [0.1, 0.15) is 0 Å². The van der Waals surface area contributed by atoms with E-state index in [-0.39, 0.29) is 5.69 Å². The maximum absolute atomic E-state index is 11.5. The molecular formula is C18H17N3O2. The van der Waals surface area contributed by atoms with Gasteiger partial charge in [-0.3, -0.25) is 0 Å². The topological polar surface area (TPSA) is 68.0 Å². The maximum atomic E-state index is 11.5. The molecule has 0 aliphatic rings. The predicted octanol–water partition coefficient (Wildman–Crippen LogP) is 3.12. The van der Waals surface area contributed by atoms with Crippen LogP contribution in [0.3, 0.4) is 0 Å². The number of carboxylic acids is 1. The summed E-state index contributed by atoms with van der Waals surface area (Å²) in [5, 5.41) is 17.4. The lowest BCUT2D eigenvalue weighted by Crippen LogP contribution is -2.09. The third kappa shape index (κ3) is 2.99. The largest absolute Gasteiger partial charge is 0.476 e. The summed E-state index contributed by atoms with van der Waals surface area (Å²) in [4.78, 5) is 11.5. The molecule has 5 heteroatoms. The summed E-state index contributed by atoms with van der Waals surface area (Å²) in [5.74, 6) is -1.06. The van der Waals surface area contributed by atoms with Gasteiger partial charge in [-0.1, -0.05) is 60.7 Å². The molecule has 0 amide bonds. The third-order valence-corrected chi connectivity index (χ3v) is 3.78. The second-order valence-corrected chi connectivity index (χ2v) is 5.25. The van der Waals surface area contributed by atoms with Gasteiger partial charge < -0.3 is 5.11 Å². The molecule has 0 fully saturated rings. The second kappa shape index (κ2) is 6.44. The zero-order valence-electron chi connectivity index (χ0n) is 12.8. The first kappa shape index (κ1) is 15.0. The van der Waals surface area contributed by atoms with Crippen LogP contribution < -0.4 is 0 Å². The van der Waals surface area contributed by atoms with E-state index in [0.717, 1.165) is 23.2 Å². The first-order chi connectivity index (χ1) is 11.2. The first-order valence-corrected chi connectivity index (χ1v) is 7.50. The molecule has 0 unspecified atom stereocenters. The van der Waals surface area contributed by atoms with Crippen LogP contribution in [0.5, 0.6) is 0 Å². The van der Waals surface area contributed by atoms with E-state index >= 15 is 0 Å². The van der Waals surface area contributed by atoms with Gasteiger partial charge >= 0.3 is 5.97 Å². The molecule has 0 aliphatic heterocycles. The van der Waals surface area contributed by atoms with Crippen molar-refractivity contribution in [3.05, 3.63) is 77.1 Å². The molecule has 3 aromatic rings. The third-order valence-electron chi connectivity index (χ3n) is 3.78. The summed E-state index contributed by atoms with van der Waals surface area (Å²) in [6.07, 6.45) is 1.30. The van der Waals surface area contributed by atoms with Gasteiger partial charge in [-0.25, -0.2) is 9.48 Å². The molecule has 2 aromatic carbocycles. The van der Waals surface area contributed by atoms with Crippen LogP contribution in [0.2, 0.25) is 0 Å². The smallest absolute Gasteiger partial charge is 0.358 e. The summed E-state index contributed by atoms with van der Waals surface area (Å²) in [6.45, 7) is 2.06. The number of hydrogen-bond acceptors (Lipinski definition) is 3. The van der Waals surface area contributed by atoms with Crippen LogP contribution in [-0.2, 0) is 12.8 Å². The molecule has 1 N–H and O–H groups in total. The minimum absolute atomic E-state index is 0.000223. The van der Waals surface area contributed by atoms with Crippen molar-refractivity contribution < 1.29 is 9.90 Å². The summed E-state index contributed by atoms with van der Waals surface area (Å²) >= 11 is 0. The Hall–Kier alpha value is -2.95. The Morgan fingerprint density at radius 2 is 1.78 bits per heavy atom. The highest BCUT2D eigenvalue weighted by Gasteiger charge is 2.21. The zero-order chi connectivity index (χ0) is 16.2. The van der Waals surface area contributed by atoms with Gasteiger partial charge in [0, 0.05) is 6.42 Å². The number of carboxylic acid groups (broad SMARTS) is 1. The van der Waals surface area contributed by atoms with E-state index in [1.807, 2.05) is 54.6 Å². The Balaban J connectivity index is 2.13. The fourth-order valence-electron chi connectivity index (χ4n) is 2.63. The van der Waals surface area contributed by atoms with Crippen LogP contribution in [0.25, 0.3) is 5.69 Å². The SMILES string of the molecule is CCc1ccccc1-n1nnc(C(=O)O)c1Cc1ccccc1. The predicted molar refractivity (Wildman–Crippen MR) is 86.9 cm³/mol. The van der Waals surface area contributed by atoms with Crippen LogP contribution >= 0.6 is 0 Å². The summed E-state index contributed by atoms with van der Waals surface area (Å²) in [6, 6.07) is 17.6. The van der Waals surface area contributed by atoms with E-state index in [4.69, 9.17) is 0 Å². The Morgan fingerprint density at radius 3 is 2.48 bits per heavy atom. The van der Waals surface area contributed by atoms with Gasteiger partial charge in [0.05, 0.1) is 11.4 Å². The van der Waals surface area contributed by atoms with Crippen molar-refractivity contribution in [2.45, 2.75) is 19.8 Å². The van der Waals surface area contributed by atoms with Crippen LogP contribution in [0, 0.1) is 0 Å². The fourth-order valence-corrected chi connectivity index (χ4v) is 2.63. The average molecular weight is 307 g/mol. The Labute approximate surface area is 134 Å². The highest BCUT2D eigenvalue weighted by atomic mass is 16.4. The van der Waals surface area contributed by atoms with E-state index in [9.17, 15) is 9.90 Å². The van der Waals surface area contributed by atoms with E-state index in [1.165, 1.54) is 0 Å². The van der Waals surface area contributed by atoms with E-state index in [1.54, 1.807) is 4.68 Å². The van der Waals surface area contributed by atoms with Gasteiger partial charge in [0.25, 0.3) is 0 Å². The van der Waals surface area contributed by atoms with Crippen LogP contribution in [0.1, 0.15) is 34.2 Å². The quantitative estimate of drug-likeness (QED) is 0.786. The lowest BCUT2D eigenvalue weighted by Gasteiger charge is -2.11. The van der Waals surface area contributed by atoms with Crippen molar-refractivity contribution in [2.75, 3.05) is 0 Å². The maximum Gasteiger partial charge on any atom is 0.358 e. The molecule has 0 atom stereocenters. The number of benzene rings is 2. The minimum atomic E-state index is -1.06. The number of rotatable bonds is 5. The van der Waals surface area contributed by atoms with E-state index in [0.29, 0.717) is 12.1 Å². The van der Waals surface area contributed by atoms with Crippen molar-refractivity contribution in [1.82, 2.24) is 15.0 Å². The van der Waals surface area contributed by atoms with Gasteiger partial charge in [-0.2, -0.15) is 0 Å². The molecule has 3 rings (SSSR count). The van der Waals surface area contributed by atoms with Crippen molar-refractivity contribution in [3.8, 4) is 5.69 Å². The lowest BCUT2D eigenvalue weighted by atomic mass is 10.1. The van der Waals surface area contributed by atoms with Gasteiger partial charge in [-0.05, 0) is 23.6 Å². The lowest BCUT2D eigenvalue weighted by molar-refractivity contribution is 0.0689. The molecule has 0 aliphatic carbocycles. The number of aromatic carboxylic acids is 1. The number of aromatic nitrogens is 3. The molecule has 0 radical (unpaired) electrons. The molecule has 1 aromatic heterocycles.